The molecule has 5 heteroatoms. The first-order valence-electron chi connectivity index (χ1n) is 5.31. The normalized spacial score (nSPS) is 14.1. The molecule has 0 aliphatic carbocycles. The molecule has 0 aromatic heterocycles. The molecule has 1 atom stereocenters. The molecule has 0 amide bonds. The zero-order chi connectivity index (χ0) is 12.9. The predicted octanol–water partition coefficient (Wildman–Crippen LogP) is 2.71. The Labute approximate surface area is 111 Å². The van der Waals surface area contributed by atoms with Gasteiger partial charge in [0.15, 0.2) is 0 Å². The summed E-state index contributed by atoms with van der Waals surface area (Å²) in [5.74, 6) is 0.0369. The third kappa shape index (κ3) is 4.22. The summed E-state index contributed by atoms with van der Waals surface area (Å²) in [5.41, 5.74) is 4.91. The van der Waals surface area contributed by atoms with Crippen molar-refractivity contribution in [2.45, 2.75) is 24.3 Å². The molecule has 94 valence electrons. The Kier molecular flexibility index (Phi) is 5.31. The van der Waals surface area contributed by atoms with Crippen molar-refractivity contribution in [2.75, 3.05) is 12.4 Å². The Morgan fingerprint density at radius 1 is 1.53 bits per heavy atom. The average Bonchev–Trinajstić information content (AvgIpc) is 2.28. The van der Waals surface area contributed by atoms with Crippen molar-refractivity contribution < 1.29 is 9.53 Å². The zero-order valence-corrected chi connectivity index (χ0v) is 11.5. The molecule has 0 aliphatic rings. The number of halogens is 1. The lowest BCUT2D eigenvalue weighted by Gasteiger charge is -2.21. The fourth-order valence-corrected chi connectivity index (χ4v) is 2.40. The highest BCUT2D eigenvalue weighted by Gasteiger charge is 2.30. The summed E-state index contributed by atoms with van der Waals surface area (Å²) in [6.07, 6.45) is 0. The average molecular weight is 274 g/mol. The van der Waals surface area contributed by atoms with Crippen LogP contribution in [-0.4, -0.2) is 23.9 Å². The molecule has 0 saturated carbocycles. The standard InChI is InChI=1S/C12H16ClNO2S/c1-3-16-11(15)12(2,14)8-17-10-7-5-4-6-9(10)13/h4-7H,3,8,14H2,1-2H3. The summed E-state index contributed by atoms with van der Waals surface area (Å²) in [5, 5.41) is 0.664. The molecule has 0 radical (unpaired) electrons. The molecule has 0 saturated heterocycles. The summed E-state index contributed by atoms with van der Waals surface area (Å²) in [6, 6.07) is 7.46. The van der Waals surface area contributed by atoms with Gasteiger partial charge in [-0.15, -0.1) is 11.8 Å². The van der Waals surface area contributed by atoms with Gasteiger partial charge in [-0.1, -0.05) is 23.7 Å². The second-order valence-corrected chi connectivity index (χ2v) is 5.28. The van der Waals surface area contributed by atoms with Crippen LogP contribution in [-0.2, 0) is 9.53 Å². The molecule has 17 heavy (non-hydrogen) atoms. The number of benzene rings is 1. The number of ether oxygens (including phenoxy) is 1. The second-order valence-electron chi connectivity index (χ2n) is 3.86. The second kappa shape index (κ2) is 6.28. The molecule has 2 N–H and O–H groups in total. The molecule has 0 spiro atoms. The number of esters is 1. The molecular formula is C12H16ClNO2S. The number of nitrogens with two attached hydrogens (primary N) is 1. The Bertz CT molecular complexity index is 396. The summed E-state index contributed by atoms with van der Waals surface area (Å²) >= 11 is 7.47. The minimum absolute atomic E-state index is 0.336. The third-order valence-electron chi connectivity index (χ3n) is 2.11. The van der Waals surface area contributed by atoms with Gasteiger partial charge in [0.1, 0.15) is 5.54 Å². The Morgan fingerprint density at radius 3 is 2.76 bits per heavy atom. The van der Waals surface area contributed by atoms with E-state index in [1.54, 1.807) is 13.8 Å². The van der Waals surface area contributed by atoms with Crippen molar-refractivity contribution in [3.8, 4) is 0 Å². The highest BCUT2D eigenvalue weighted by atomic mass is 35.5. The van der Waals surface area contributed by atoms with E-state index < -0.39 is 5.54 Å². The third-order valence-corrected chi connectivity index (χ3v) is 3.96. The van der Waals surface area contributed by atoms with E-state index in [4.69, 9.17) is 22.1 Å². The molecule has 1 aromatic carbocycles. The quantitative estimate of drug-likeness (QED) is 0.662. The molecule has 0 aliphatic heterocycles. The zero-order valence-electron chi connectivity index (χ0n) is 9.90. The maximum absolute atomic E-state index is 11.6. The van der Waals surface area contributed by atoms with E-state index in [2.05, 4.69) is 0 Å². The van der Waals surface area contributed by atoms with Crippen LogP contribution in [0.25, 0.3) is 0 Å². The van der Waals surface area contributed by atoms with Gasteiger partial charge in [-0.25, -0.2) is 0 Å². The van der Waals surface area contributed by atoms with Crippen LogP contribution >= 0.6 is 23.4 Å². The van der Waals surface area contributed by atoms with Crippen LogP contribution in [0.1, 0.15) is 13.8 Å². The maximum atomic E-state index is 11.6. The Hall–Kier alpha value is -0.710. The van der Waals surface area contributed by atoms with Crippen molar-refractivity contribution in [2.24, 2.45) is 5.73 Å². The number of carbonyl (C=O) groups excluding carboxylic acids is 1. The van der Waals surface area contributed by atoms with E-state index in [1.807, 2.05) is 24.3 Å². The van der Waals surface area contributed by atoms with Gasteiger partial charge < -0.3 is 10.5 Å². The fraction of sp³-hybridized carbons (Fsp3) is 0.417. The van der Waals surface area contributed by atoms with Gasteiger partial charge in [0.2, 0.25) is 0 Å². The molecule has 3 nitrogen and oxygen atoms in total. The molecule has 1 aromatic rings. The van der Waals surface area contributed by atoms with Crippen LogP contribution in [0.5, 0.6) is 0 Å². The summed E-state index contributed by atoms with van der Waals surface area (Å²) < 4.78 is 4.92. The van der Waals surface area contributed by atoms with E-state index in [9.17, 15) is 4.79 Å². The number of hydrogen-bond donors (Lipinski definition) is 1. The van der Waals surface area contributed by atoms with Crippen molar-refractivity contribution in [1.29, 1.82) is 0 Å². The highest BCUT2D eigenvalue weighted by molar-refractivity contribution is 7.99. The Balaban J connectivity index is 2.61. The van der Waals surface area contributed by atoms with Crippen LogP contribution in [0, 0.1) is 0 Å². The lowest BCUT2D eigenvalue weighted by Crippen LogP contribution is -2.48. The topological polar surface area (TPSA) is 52.3 Å². The van der Waals surface area contributed by atoms with Crippen molar-refractivity contribution in [3.05, 3.63) is 29.3 Å². The number of thioether (sulfide) groups is 1. The number of rotatable bonds is 5. The molecule has 0 heterocycles. The SMILES string of the molecule is CCOC(=O)C(C)(N)CSc1ccccc1Cl. The summed E-state index contributed by atoms with van der Waals surface area (Å²) in [6.45, 7) is 3.76. The lowest BCUT2D eigenvalue weighted by molar-refractivity contribution is -0.148. The number of carbonyl (C=O) groups is 1. The van der Waals surface area contributed by atoms with E-state index >= 15 is 0 Å². The van der Waals surface area contributed by atoms with Gasteiger partial charge in [0.05, 0.1) is 11.6 Å². The van der Waals surface area contributed by atoms with Crippen LogP contribution in [0.3, 0.4) is 0 Å². The van der Waals surface area contributed by atoms with E-state index in [0.29, 0.717) is 17.4 Å². The first-order valence-corrected chi connectivity index (χ1v) is 6.67. The Morgan fingerprint density at radius 2 is 2.18 bits per heavy atom. The van der Waals surface area contributed by atoms with Crippen LogP contribution in [0.2, 0.25) is 5.02 Å². The minimum atomic E-state index is -1.00. The highest BCUT2D eigenvalue weighted by Crippen LogP contribution is 2.28. The monoisotopic (exact) mass is 273 g/mol. The first kappa shape index (κ1) is 14.4. The van der Waals surface area contributed by atoms with Crippen molar-refractivity contribution in [3.63, 3.8) is 0 Å². The summed E-state index contributed by atoms with van der Waals surface area (Å²) in [7, 11) is 0. The molecule has 1 rings (SSSR count). The molecular weight excluding hydrogens is 258 g/mol. The van der Waals surface area contributed by atoms with Gasteiger partial charge in [0.25, 0.3) is 0 Å². The largest absolute Gasteiger partial charge is 0.465 e. The molecule has 1 unspecified atom stereocenters. The number of hydrogen-bond acceptors (Lipinski definition) is 4. The minimum Gasteiger partial charge on any atom is -0.465 e. The van der Waals surface area contributed by atoms with Gasteiger partial charge >= 0.3 is 5.97 Å². The van der Waals surface area contributed by atoms with Crippen LogP contribution in [0.4, 0.5) is 0 Å². The van der Waals surface area contributed by atoms with Crippen LogP contribution < -0.4 is 5.73 Å². The molecule has 0 bridgehead atoms. The lowest BCUT2D eigenvalue weighted by atomic mass is 10.1. The first-order chi connectivity index (χ1) is 7.97. The smallest absolute Gasteiger partial charge is 0.326 e. The van der Waals surface area contributed by atoms with Gasteiger partial charge in [-0.05, 0) is 26.0 Å². The summed E-state index contributed by atoms with van der Waals surface area (Å²) in [4.78, 5) is 12.5. The van der Waals surface area contributed by atoms with Gasteiger partial charge in [0, 0.05) is 10.6 Å². The maximum Gasteiger partial charge on any atom is 0.326 e. The van der Waals surface area contributed by atoms with Gasteiger partial charge in [-0.3, -0.25) is 4.79 Å². The fourth-order valence-electron chi connectivity index (χ4n) is 1.14. The van der Waals surface area contributed by atoms with E-state index in [0.717, 1.165) is 4.90 Å². The van der Waals surface area contributed by atoms with E-state index in [-0.39, 0.29) is 5.97 Å². The van der Waals surface area contributed by atoms with Gasteiger partial charge in [-0.2, -0.15) is 0 Å². The van der Waals surface area contributed by atoms with E-state index in [1.165, 1.54) is 11.8 Å². The van der Waals surface area contributed by atoms with Crippen molar-refractivity contribution >= 4 is 29.3 Å². The van der Waals surface area contributed by atoms with Crippen molar-refractivity contribution in [1.82, 2.24) is 0 Å². The molecule has 0 fully saturated rings. The predicted molar refractivity (Wildman–Crippen MR) is 71.4 cm³/mol. The van der Waals surface area contributed by atoms with Crippen LogP contribution in [0.15, 0.2) is 29.2 Å².